The molecule has 1 N–H and O–H groups in total. The van der Waals surface area contributed by atoms with Crippen molar-refractivity contribution in [2.75, 3.05) is 6.61 Å². The van der Waals surface area contributed by atoms with Crippen LogP contribution in [0.2, 0.25) is 0 Å². The summed E-state index contributed by atoms with van der Waals surface area (Å²) >= 11 is 0. The van der Waals surface area contributed by atoms with Crippen LogP contribution in [0.4, 0.5) is 0 Å². The third-order valence-electron chi connectivity index (χ3n) is 2.03. The van der Waals surface area contributed by atoms with Crippen LogP contribution in [0.1, 0.15) is 20.3 Å². The number of aliphatic hydroxyl groups excluding tert-OH is 1. The highest BCUT2D eigenvalue weighted by Gasteiger charge is 2.17. The minimum atomic E-state index is 0.0399. The van der Waals surface area contributed by atoms with Gasteiger partial charge in [0, 0.05) is 24.5 Å². The van der Waals surface area contributed by atoms with Crippen LogP contribution < -0.4 is 0 Å². The highest BCUT2D eigenvalue weighted by atomic mass is 16.3. The Hall–Kier alpha value is -0.760. The predicted molar refractivity (Wildman–Crippen MR) is 45.5 cm³/mol. The number of hydrogen-bond acceptors (Lipinski definition) is 1. The summed E-state index contributed by atoms with van der Waals surface area (Å²) in [5.41, 5.74) is 0.0399. The average Bonchev–Trinajstić information content (AvgIpc) is 2.37. The normalized spacial score (nSPS) is 11.9. The lowest BCUT2D eigenvalue weighted by Gasteiger charge is -2.25. The van der Waals surface area contributed by atoms with Gasteiger partial charge < -0.3 is 9.67 Å². The van der Waals surface area contributed by atoms with Gasteiger partial charge in [-0.15, -0.1) is 0 Å². The van der Waals surface area contributed by atoms with Crippen LogP contribution in [-0.4, -0.2) is 16.3 Å². The maximum absolute atomic E-state index is 8.79. The molecule has 1 heterocycles. The number of rotatable bonds is 3. The van der Waals surface area contributed by atoms with Crippen molar-refractivity contribution in [2.45, 2.75) is 25.8 Å². The molecule has 2 heteroatoms. The monoisotopic (exact) mass is 153 g/mol. The SMILES string of the molecule is CC(C)(CCO)n1cccc1. The van der Waals surface area contributed by atoms with E-state index in [0.29, 0.717) is 0 Å². The molecule has 0 fully saturated rings. The van der Waals surface area contributed by atoms with Gasteiger partial charge >= 0.3 is 0 Å². The van der Waals surface area contributed by atoms with E-state index in [0.717, 1.165) is 6.42 Å². The van der Waals surface area contributed by atoms with E-state index < -0.39 is 0 Å². The van der Waals surface area contributed by atoms with E-state index in [1.807, 2.05) is 24.5 Å². The molecule has 0 radical (unpaired) electrons. The molecule has 0 bridgehead atoms. The van der Waals surface area contributed by atoms with Crippen LogP contribution in [0.25, 0.3) is 0 Å². The molecular weight excluding hydrogens is 138 g/mol. The number of hydrogen-bond donors (Lipinski definition) is 1. The second-order valence-electron chi connectivity index (χ2n) is 3.38. The van der Waals surface area contributed by atoms with Crippen molar-refractivity contribution >= 4 is 0 Å². The zero-order chi connectivity index (χ0) is 8.32. The van der Waals surface area contributed by atoms with Gasteiger partial charge in [0.25, 0.3) is 0 Å². The van der Waals surface area contributed by atoms with Gasteiger partial charge in [-0.3, -0.25) is 0 Å². The van der Waals surface area contributed by atoms with E-state index in [2.05, 4.69) is 18.4 Å². The lowest BCUT2D eigenvalue weighted by molar-refractivity contribution is 0.213. The lowest BCUT2D eigenvalue weighted by atomic mass is 10.0. The Balaban J connectivity index is 2.73. The van der Waals surface area contributed by atoms with Crippen molar-refractivity contribution in [2.24, 2.45) is 0 Å². The molecule has 0 unspecified atom stereocenters. The highest BCUT2D eigenvalue weighted by molar-refractivity contribution is 4.95. The highest BCUT2D eigenvalue weighted by Crippen LogP contribution is 2.18. The summed E-state index contributed by atoms with van der Waals surface area (Å²) < 4.78 is 2.11. The fraction of sp³-hybridized carbons (Fsp3) is 0.556. The van der Waals surface area contributed by atoms with Crippen molar-refractivity contribution in [1.82, 2.24) is 4.57 Å². The van der Waals surface area contributed by atoms with E-state index in [1.54, 1.807) is 0 Å². The molecule has 0 saturated heterocycles. The van der Waals surface area contributed by atoms with Gasteiger partial charge in [0.1, 0.15) is 0 Å². The first-order valence-electron chi connectivity index (χ1n) is 3.91. The van der Waals surface area contributed by atoms with Crippen molar-refractivity contribution in [3.63, 3.8) is 0 Å². The number of nitrogens with zero attached hydrogens (tertiary/aromatic N) is 1. The van der Waals surface area contributed by atoms with Crippen molar-refractivity contribution in [1.29, 1.82) is 0 Å². The average molecular weight is 153 g/mol. The van der Waals surface area contributed by atoms with Crippen molar-refractivity contribution in [3.05, 3.63) is 24.5 Å². The smallest absolute Gasteiger partial charge is 0.0453 e. The van der Waals surface area contributed by atoms with Crippen LogP contribution in [0.5, 0.6) is 0 Å². The first kappa shape index (κ1) is 8.34. The third-order valence-corrected chi connectivity index (χ3v) is 2.03. The summed E-state index contributed by atoms with van der Waals surface area (Å²) in [6, 6.07) is 4.00. The molecular formula is C9H15NO. The topological polar surface area (TPSA) is 25.2 Å². The number of aliphatic hydroxyl groups is 1. The molecule has 0 amide bonds. The summed E-state index contributed by atoms with van der Waals surface area (Å²) in [5.74, 6) is 0. The third kappa shape index (κ3) is 1.84. The Labute approximate surface area is 67.5 Å². The van der Waals surface area contributed by atoms with Gasteiger partial charge in [-0.05, 0) is 32.4 Å². The summed E-state index contributed by atoms with van der Waals surface area (Å²) in [4.78, 5) is 0. The second kappa shape index (κ2) is 3.09. The van der Waals surface area contributed by atoms with Gasteiger partial charge in [0.15, 0.2) is 0 Å². The Kier molecular flexibility index (Phi) is 2.35. The van der Waals surface area contributed by atoms with Crippen LogP contribution in [0.15, 0.2) is 24.5 Å². The van der Waals surface area contributed by atoms with Crippen LogP contribution >= 0.6 is 0 Å². The van der Waals surface area contributed by atoms with Gasteiger partial charge in [-0.25, -0.2) is 0 Å². The van der Waals surface area contributed by atoms with E-state index in [9.17, 15) is 0 Å². The Morgan fingerprint density at radius 1 is 1.27 bits per heavy atom. The van der Waals surface area contributed by atoms with Gasteiger partial charge in [-0.1, -0.05) is 0 Å². The molecule has 0 aliphatic carbocycles. The first-order chi connectivity index (χ1) is 5.17. The zero-order valence-corrected chi connectivity index (χ0v) is 7.12. The standard InChI is InChI=1S/C9H15NO/c1-9(2,5-8-11)10-6-3-4-7-10/h3-4,6-7,11H,5,8H2,1-2H3. The molecule has 0 spiro atoms. The first-order valence-corrected chi connectivity index (χ1v) is 3.91. The predicted octanol–water partition coefficient (Wildman–Crippen LogP) is 1.61. The summed E-state index contributed by atoms with van der Waals surface area (Å²) in [6.45, 7) is 4.47. The minimum Gasteiger partial charge on any atom is -0.396 e. The van der Waals surface area contributed by atoms with Gasteiger partial charge in [0.2, 0.25) is 0 Å². The molecule has 0 atom stereocenters. The van der Waals surface area contributed by atoms with E-state index in [-0.39, 0.29) is 12.1 Å². The Morgan fingerprint density at radius 3 is 2.27 bits per heavy atom. The molecule has 1 aromatic rings. The molecule has 1 rings (SSSR count). The van der Waals surface area contributed by atoms with Crippen LogP contribution in [0.3, 0.4) is 0 Å². The van der Waals surface area contributed by atoms with Crippen molar-refractivity contribution < 1.29 is 5.11 Å². The van der Waals surface area contributed by atoms with Crippen LogP contribution in [0, 0.1) is 0 Å². The number of aromatic nitrogens is 1. The largest absolute Gasteiger partial charge is 0.396 e. The zero-order valence-electron chi connectivity index (χ0n) is 7.12. The molecule has 0 aromatic carbocycles. The fourth-order valence-electron chi connectivity index (χ4n) is 1.14. The Morgan fingerprint density at radius 2 is 1.82 bits per heavy atom. The molecule has 0 saturated carbocycles. The van der Waals surface area contributed by atoms with Gasteiger partial charge in [-0.2, -0.15) is 0 Å². The summed E-state index contributed by atoms with van der Waals surface area (Å²) in [7, 11) is 0. The second-order valence-corrected chi connectivity index (χ2v) is 3.38. The minimum absolute atomic E-state index is 0.0399. The molecule has 0 aliphatic rings. The van der Waals surface area contributed by atoms with Crippen molar-refractivity contribution in [3.8, 4) is 0 Å². The Bertz CT molecular complexity index is 201. The molecule has 0 aliphatic heterocycles. The van der Waals surface area contributed by atoms with Crippen LogP contribution in [-0.2, 0) is 5.54 Å². The maximum atomic E-state index is 8.79. The van der Waals surface area contributed by atoms with Gasteiger partial charge in [0.05, 0.1) is 0 Å². The lowest BCUT2D eigenvalue weighted by Crippen LogP contribution is -2.25. The van der Waals surface area contributed by atoms with E-state index >= 15 is 0 Å². The fourth-order valence-corrected chi connectivity index (χ4v) is 1.14. The molecule has 11 heavy (non-hydrogen) atoms. The molecule has 2 nitrogen and oxygen atoms in total. The summed E-state index contributed by atoms with van der Waals surface area (Å²) in [6.07, 6.45) is 4.84. The molecule has 62 valence electrons. The van der Waals surface area contributed by atoms with E-state index in [1.165, 1.54) is 0 Å². The quantitative estimate of drug-likeness (QED) is 0.701. The summed E-state index contributed by atoms with van der Waals surface area (Å²) in [5, 5.41) is 8.79. The van der Waals surface area contributed by atoms with E-state index in [4.69, 9.17) is 5.11 Å². The molecule has 1 aromatic heterocycles. The maximum Gasteiger partial charge on any atom is 0.0453 e.